The highest BCUT2D eigenvalue weighted by Gasteiger charge is 2.05. The number of halogens is 1. The highest BCUT2D eigenvalue weighted by Crippen LogP contribution is 2.28. The third-order valence-corrected chi connectivity index (χ3v) is 3.38. The first kappa shape index (κ1) is 12.7. The first-order valence-corrected chi connectivity index (χ1v) is 6.43. The fraction of sp³-hybridized carbons (Fsp3) is 0.133. The fourth-order valence-corrected chi connectivity index (χ4v) is 2.08. The van der Waals surface area contributed by atoms with Gasteiger partial charge in [-0.25, -0.2) is 0 Å². The molecule has 0 amide bonds. The molecule has 0 aromatic heterocycles. The molecule has 90 valence electrons. The van der Waals surface area contributed by atoms with Gasteiger partial charge in [0.2, 0.25) is 0 Å². The zero-order valence-electron chi connectivity index (χ0n) is 10.3. The zero-order chi connectivity index (χ0) is 13.1. The fourth-order valence-electron chi connectivity index (χ4n) is 1.74. The Labute approximate surface area is 115 Å². The van der Waals surface area contributed by atoms with Crippen molar-refractivity contribution >= 4 is 27.3 Å². The Kier molecular flexibility index (Phi) is 3.69. The first-order chi connectivity index (χ1) is 8.60. The van der Waals surface area contributed by atoms with Gasteiger partial charge in [-0.2, -0.15) is 5.26 Å². The summed E-state index contributed by atoms with van der Waals surface area (Å²) in [7, 11) is 0. The van der Waals surface area contributed by atoms with Crippen molar-refractivity contribution in [2.24, 2.45) is 0 Å². The van der Waals surface area contributed by atoms with Crippen molar-refractivity contribution in [2.45, 2.75) is 13.8 Å². The lowest BCUT2D eigenvalue weighted by molar-refractivity contribution is 1.39. The Bertz CT molecular complexity index is 627. The van der Waals surface area contributed by atoms with Crippen LogP contribution in [0.4, 0.5) is 11.4 Å². The number of nitriles is 1. The quantitative estimate of drug-likeness (QED) is 0.874. The average Bonchev–Trinajstić information content (AvgIpc) is 2.34. The van der Waals surface area contributed by atoms with E-state index in [1.807, 2.05) is 50.2 Å². The molecule has 0 atom stereocenters. The molecule has 0 aliphatic heterocycles. The summed E-state index contributed by atoms with van der Waals surface area (Å²) in [5, 5.41) is 12.4. The number of hydrogen-bond donors (Lipinski definition) is 1. The highest BCUT2D eigenvalue weighted by molar-refractivity contribution is 9.10. The van der Waals surface area contributed by atoms with E-state index in [4.69, 9.17) is 5.26 Å². The van der Waals surface area contributed by atoms with E-state index in [1.54, 1.807) is 0 Å². The number of nitrogens with one attached hydrogen (secondary N) is 1. The molecule has 0 spiro atoms. The summed E-state index contributed by atoms with van der Waals surface area (Å²) in [6.45, 7) is 4.05. The van der Waals surface area contributed by atoms with Crippen molar-refractivity contribution in [1.82, 2.24) is 0 Å². The largest absolute Gasteiger partial charge is 0.354 e. The van der Waals surface area contributed by atoms with Crippen molar-refractivity contribution in [3.05, 3.63) is 57.6 Å². The first-order valence-electron chi connectivity index (χ1n) is 5.64. The topological polar surface area (TPSA) is 35.8 Å². The van der Waals surface area contributed by atoms with Crippen molar-refractivity contribution in [3.8, 4) is 6.07 Å². The van der Waals surface area contributed by atoms with E-state index in [-0.39, 0.29) is 0 Å². The molecule has 2 aromatic carbocycles. The van der Waals surface area contributed by atoms with Crippen LogP contribution in [0.5, 0.6) is 0 Å². The van der Waals surface area contributed by atoms with Crippen LogP contribution >= 0.6 is 15.9 Å². The molecule has 0 aliphatic rings. The molecular weight excluding hydrogens is 288 g/mol. The SMILES string of the molecule is Cc1ccc(Br)c(Nc2cc(C)ccc2C#N)c1. The van der Waals surface area contributed by atoms with Gasteiger partial charge in [0.05, 0.1) is 16.9 Å². The second-order valence-electron chi connectivity index (χ2n) is 4.27. The maximum atomic E-state index is 9.11. The molecule has 0 radical (unpaired) electrons. The molecule has 2 nitrogen and oxygen atoms in total. The lowest BCUT2D eigenvalue weighted by atomic mass is 10.1. The Morgan fingerprint density at radius 2 is 1.61 bits per heavy atom. The van der Waals surface area contributed by atoms with Gasteiger partial charge in [0.1, 0.15) is 6.07 Å². The molecule has 0 heterocycles. The van der Waals surface area contributed by atoms with Crippen molar-refractivity contribution in [3.63, 3.8) is 0 Å². The molecule has 0 saturated carbocycles. The minimum absolute atomic E-state index is 0.647. The lowest BCUT2D eigenvalue weighted by Crippen LogP contribution is -1.95. The van der Waals surface area contributed by atoms with Crippen LogP contribution in [0.1, 0.15) is 16.7 Å². The smallest absolute Gasteiger partial charge is 0.101 e. The van der Waals surface area contributed by atoms with Gasteiger partial charge in [-0.05, 0) is 65.2 Å². The maximum Gasteiger partial charge on any atom is 0.101 e. The van der Waals surface area contributed by atoms with Crippen LogP contribution in [0.3, 0.4) is 0 Å². The maximum absolute atomic E-state index is 9.11. The van der Waals surface area contributed by atoms with Gasteiger partial charge in [-0.3, -0.25) is 0 Å². The van der Waals surface area contributed by atoms with E-state index in [9.17, 15) is 0 Å². The molecule has 2 rings (SSSR count). The Morgan fingerprint density at radius 1 is 1.00 bits per heavy atom. The molecule has 0 unspecified atom stereocenters. The number of hydrogen-bond acceptors (Lipinski definition) is 2. The number of anilines is 2. The monoisotopic (exact) mass is 300 g/mol. The summed E-state index contributed by atoms with van der Waals surface area (Å²) in [6.07, 6.45) is 0. The minimum atomic E-state index is 0.647. The predicted molar refractivity (Wildman–Crippen MR) is 78.1 cm³/mol. The van der Waals surface area contributed by atoms with Crippen LogP contribution in [0.25, 0.3) is 0 Å². The molecular formula is C15H13BrN2. The molecule has 18 heavy (non-hydrogen) atoms. The van der Waals surface area contributed by atoms with Crippen molar-refractivity contribution in [1.29, 1.82) is 5.26 Å². The highest BCUT2D eigenvalue weighted by atomic mass is 79.9. The van der Waals surface area contributed by atoms with E-state index in [0.29, 0.717) is 5.56 Å². The van der Waals surface area contributed by atoms with Gasteiger partial charge in [0.15, 0.2) is 0 Å². The van der Waals surface area contributed by atoms with Crippen LogP contribution < -0.4 is 5.32 Å². The van der Waals surface area contributed by atoms with Gasteiger partial charge in [-0.1, -0.05) is 12.1 Å². The standard InChI is InChI=1S/C15H13BrN2/c1-10-3-5-12(9-17)14(7-10)18-15-8-11(2)4-6-13(15)16/h3-8,18H,1-2H3. The van der Waals surface area contributed by atoms with Gasteiger partial charge in [-0.15, -0.1) is 0 Å². The van der Waals surface area contributed by atoms with Gasteiger partial charge < -0.3 is 5.32 Å². The predicted octanol–water partition coefficient (Wildman–Crippen LogP) is 4.68. The summed E-state index contributed by atoms with van der Waals surface area (Å²) in [6, 6.07) is 14.0. The number of benzene rings is 2. The Morgan fingerprint density at radius 3 is 2.28 bits per heavy atom. The third-order valence-electron chi connectivity index (χ3n) is 2.69. The van der Waals surface area contributed by atoms with E-state index < -0.39 is 0 Å². The number of aryl methyl sites for hydroxylation is 2. The van der Waals surface area contributed by atoms with Crippen molar-refractivity contribution in [2.75, 3.05) is 5.32 Å². The molecule has 0 fully saturated rings. The normalized spacial score (nSPS) is 9.89. The number of nitrogens with zero attached hydrogens (tertiary/aromatic N) is 1. The summed E-state index contributed by atoms with van der Waals surface area (Å²) in [4.78, 5) is 0. The second kappa shape index (κ2) is 5.24. The molecule has 2 aromatic rings. The van der Waals surface area contributed by atoms with E-state index >= 15 is 0 Å². The second-order valence-corrected chi connectivity index (χ2v) is 5.12. The summed E-state index contributed by atoms with van der Waals surface area (Å²) < 4.78 is 0.985. The third kappa shape index (κ3) is 2.72. The molecule has 1 N–H and O–H groups in total. The Balaban J connectivity index is 2.43. The van der Waals surface area contributed by atoms with Crippen molar-refractivity contribution < 1.29 is 0 Å². The molecule has 0 bridgehead atoms. The van der Waals surface area contributed by atoms with Crippen LogP contribution in [0.15, 0.2) is 40.9 Å². The van der Waals surface area contributed by atoms with E-state index in [0.717, 1.165) is 21.4 Å². The Hall–Kier alpha value is -1.79. The lowest BCUT2D eigenvalue weighted by Gasteiger charge is -2.11. The van der Waals surface area contributed by atoms with Gasteiger partial charge >= 0.3 is 0 Å². The summed E-state index contributed by atoms with van der Waals surface area (Å²) in [5.74, 6) is 0. The molecule has 3 heteroatoms. The van der Waals surface area contributed by atoms with Crippen LogP contribution in [0.2, 0.25) is 0 Å². The van der Waals surface area contributed by atoms with Gasteiger partial charge in [0, 0.05) is 4.47 Å². The average molecular weight is 301 g/mol. The van der Waals surface area contributed by atoms with E-state index in [2.05, 4.69) is 27.3 Å². The molecule has 0 saturated heterocycles. The minimum Gasteiger partial charge on any atom is -0.354 e. The van der Waals surface area contributed by atoms with E-state index in [1.165, 1.54) is 5.56 Å². The molecule has 0 aliphatic carbocycles. The van der Waals surface area contributed by atoms with Crippen LogP contribution in [0, 0.1) is 25.2 Å². The summed E-state index contributed by atoms with van der Waals surface area (Å²) >= 11 is 3.51. The summed E-state index contributed by atoms with van der Waals surface area (Å²) in [5.41, 5.74) is 4.75. The van der Waals surface area contributed by atoms with Crippen LogP contribution in [-0.2, 0) is 0 Å². The number of rotatable bonds is 2. The zero-order valence-corrected chi connectivity index (χ0v) is 11.9. The van der Waals surface area contributed by atoms with Crippen LogP contribution in [-0.4, -0.2) is 0 Å². The van der Waals surface area contributed by atoms with Gasteiger partial charge in [0.25, 0.3) is 0 Å².